The van der Waals surface area contributed by atoms with Crippen molar-refractivity contribution in [3.63, 3.8) is 0 Å². The van der Waals surface area contributed by atoms with Crippen LogP contribution in [0.1, 0.15) is 30.1 Å². The number of benzene rings is 1. The molecule has 1 aromatic carbocycles. The van der Waals surface area contributed by atoms with Crippen molar-refractivity contribution in [2.24, 2.45) is 5.92 Å². The van der Waals surface area contributed by atoms with E-state index in [1.165, 1.54) is 4.90 Å². The molecule has 0 radical (unpaired) electrons. The van der Waals surface area contributed by atoms with Crippen molar-refractivity contribution in [1.82, 2.24) is 4.90 Å². The molecule has 1 aromatic rings. The SMILES string of the molecule is CC1CCN(C(=O)c2ccc(Br)cc2Cl)C(C(=O)O)C1. The summed E-state index contributed by atoms with van der Waals surface area (Å²) in [5, 5.41) is 9.63. The lowest BCUT2D eigenvalue weighted by Gasteiger charge is -2.36. The van der Waals surface area contributed by atoms with Gasteiger partial charge in [-0.15, -0.1) is 0 Å². The molecule has 108 valence electrons. The van der Waals surface area contributed by atoms with E-state index in [4.69, 9.17) is 11.6 Å². The predicted octanol–water partition coefficient (Wildman–Crippen LogP) is 3.43. The van der Waals surface area contributed by atoms with Crippen molar-refractivity contribution in [1.29, 1.82) is 0 Å². The summed E-state index contributed by atoms with van der Waals surface area (Å²) in [5.41, 5.74) is 0.343. The molecule has 0 bridgehead atoms. The highest BCUT2D eigenvalue weighted by atomic mass is 79.9. The van der Waals surface area contributed by atoms with Crippen LogP contribution < -0.4 is 0 Å². The molecule has 1 N–H and O–H groups in total. The summed E-state index contributed by atoms with van der Waals surface area (Å²) in [6.07, 6.45) is 1.29. The van der Waals surface area contributed by atoms with Gasteiger partial charge in [0.15, 0.2) is 0 Å². The first kappa shape index (κ1) is 15.3. The minimum atomic E-state index is -0.960. The highest BCUT2D eigenvalue weighted by Gasteiger charge is 2.35. The molecule has 2 atom stereocenters. The maximum absolute atomic E-state index is 12.5. The van der Waals surface area contributed by atoms with Gasteiger partial charge in [-0.2, -0.15) is 0 Å². The molecule has 1 heterocycles. The van der Waals surface area contributed by atoms with E-state index in [9.17, 15) is 14.7 Å². The molecule has 0 aliphatic carbocycles. The number of rotatable bonds is 2. The Balaban J connectivity index is 2.28. The average Bonchev–Trinajstić information content (AvgIpc) is 2.37. The van der Waals surface area contributed by atoms with Crippen molar-refractivity contribution in [3.05, 3.63) is 33.3 Å². The van der Waals surface area contributed by atoms with E-state index in [0.29, 0.717) is 29.5 Å². The van der Waals surface area contributed by atoms with Gasteiger partial charge in [0.2, 0.25) is 0 Å². The van der Waals surface area contributed by atoms with E-state index in [0.717, 1.165) is 10.9 Å². The fourth-order valence-electron chi connectivity index (χ4n) is 2.44. The fraction of sp³-hybridized carbons (Fsp3) is 0.429. The first-order valence-corrected chi connectivity index (χ1v) is 7.56. The molecule has 20 heavy (non-hydrogen) atoms. The van der Waals surface area contributed by atoms with Gasteiger partial charge in [-0.1, -0.05) is 34.5 Å². The third-order valence-corrected chi connectivity index (χ3v) is 4.38. The Morgan fingerprint density at radius 1 is 1.45 bits per heavy atom. The number of hydrogen-bond acceptors (Lipinski definition) is 2. The van der Waals surface area contributed by atoms with Crippen molar-refractivity contribution in [2.75, 3.05) is 6.54 Å². The van der Waals surface area contributed by atoms with Gasteiger partial charge < -0.3 is 10.0 Å². The van der Waals surface area contributed by atoms with Crippen molar-refractivity contribution < 1.29 is 14.7 Å². The van der Waals surface area contributed by atoms with Gasteiger partial charge >= 0.3 is 5.97 Å². The smallest absolute Gasteiger partial charge is 0.326 e. The van der Waals surface area contributed by atoms with Crippen LogP contribution in [0.25, 0.3) is 0 Å². The molecule has 1 amide bonds. The second-order valence-electron chi connectivity index (χ2n) is 5.11. The first-order valence-electron chi connectivity index (χ1n) is 6.39. The van der Waals surface area contributed by atoms with Crippen LogP contribution in [0.2, 0.25) is 5.02 Å². The van der Waals surface area contributed by atoms with E-state index in [1.807, 2.05) is 6.92 Å². The molecule has 0 spiro atoms. The van der Waals surface area contributed by atoms with Gasteiger partial charge in [-0.3, -0.25) is 4.79 Å². The number of amides is 1. The number of piperidine rings is 1. The average molecular weight is 361 g/mol. The lowest BCUT2D eigenvalue weighted by molar-refractivity contribution is -0.144. The van der Waals surface area contributed by atoms with Gasteiger partial charge in [0.1, 0.15) is 6.04 Å². The number of carbonyl (C=O) groups is 2. The second kappa shape index (κ2) is 6.14. The molecule has 1 saturated heterocycles. The fourth-order valence-corrected chi connectivity index (χ4v) is 3.19. The number of carboxylic acid groups (broad SMARTS) is 1. The summed E-state index contributed by atoms with van der Waals surface area (Å²) in [6, 6.07) is 4.20. The van der Waals surface area contributed by atoms with Gasteiger partial charge in [0.25, 0.3) is 5.91 Å². The molecule has 0 saturated carbocycles. The standard InChI is InChI=1S/C14H15BrClNO3/c1-8-4-5-17(12(6-8)14(19)20)13(18)10-3-2-9(15)7-11(10)16/h2-3,7-8,12H,4-6H2,1H3,(H,19,20). The monoisotopic (exact) mass is 359 g/mol. The molecular weight excluding hydrogens is 346 g/mol. The van der Waals surface area contributed by atoms with E-state index < -0.39 is 12.0 Å². The van der Waals surface area contributed by atoms with Crippen LogP contribution in [0.3, 0.4) is 0 Å². The van der Waals surface area contributed by atoms with Crippen LogP contribution in [-0.2, 0) is 4.79 Å². The molecule has 2 unspecified atom stereocenters. The molecule has 1 fully saturated rings. The lowest BCUT2D eigenvalue weighted by atomic mass is 9.92. The number of nitrogens with zero attached hydrogens (tertiary/aromatic N) is 1. The van der Waals surface area contributed by atoms with Gasteiger partial charge in [-0.05, 0) is 37.0 Å². The number of halogens is 2. The van der Waals surface area contributed by atoms with Gasteiger partial charge in [0.05, 0.1) is 10.6 Å². The highest BCUT2D eigenvalue weighted by molar-refractivity contribution is 9.10. The zero-order valence-electron chi connectivity index (χ0n) is 11.0. The van der Waals surface area contributed by atoms with Crippen LogP contribution in [0.5, 0.6) is 0 Å². The summed E-state index contributed by atoms with van der Waals surface area (Å²) < 4.78 is 0.779. The quantitative estimate of drug-likeness (QED) is 0.879. The molecule has 1 aliphatic rings. The summed E-state index contributed by atoms with van der Waals surface area (Å²) in [7, 11) is 0. The summed E-state index contributed by atoms with van der Waals surface area (Å²) >= 11 is 9.36. The van der Waals surface area contributed by atoms with Crippen molar-refractivity contribution >= 4 is 39.4 Å². The molecule has 6 heteroatoms. The van der Waals surface area contributed by atoms with Crippen molar-refractivity contribution in [2.45, 2.75) is 25.8 Å². The van der Waals surface area contributed by atoms with Gasteiger partial charge in [-0.25, -0.2) is 4.79 Å². The third-order valence-electron chi connectivity index (χ3n) is 3.57. The molecular formula is C14H15BrClNO3. The summed E-state index contributed by atoms with van der Waals surface area (Å²) in [4.78, 5) is 25.3. The van der Waals surface area contributed by atoms with Gasteiger partial charge in [0, 0.05) is 11.0 Å². The molecule has 0 aromatic heterocycles. The van der Waals surface area contributed by atoms with Crippen LogP contribution >= 0.6 is 27.5 Å². The van der Waals surface area contributed by atoms with Crippen LogP contribution in [0.15, 0.2) is 22.7 Å². The van der Waals surface area contributed by atoms with Crippen LogP contribution in [0, 0.1) is 5.92 Å². The Morgan fingerprint density at radius 3 is 2.75 bits per heavy atom. The third kappa shape index (κ3) is 3.15. The molecule has 1 aliphatic heterocycles. The maximum Gasteiger partial charge on any atom is 0.326 e. The maximum atomic E-state index is 12.5. The zero-order valence-corrected chi connectivity index (χ0v) is 13.3. The molecule has 4 nitrogen and oxygen atoms in total. The topological polar surface area (TPSA) is 57.6 Å². The highest BCUT2D eigenvalue weighted by Crippen LogP contribution is 2.28. The van der Waals surface area contributed by atoms with E-state index >= 15 is 0 Å². The number of carboxylic acids is 1. The predicted molar refractivity (Wildman–Crippen MR) is 80.0 cm³/mol. The number of carbonyl (C=O) groups excluding carboxylic acids is 1. The summed E-state index contributed by atoms with van der Waals surface area (Å²) in [5.74, 6) is -0.972. The Bertz CT molecular complexity index is 549. The molecule has 2 rings (SSSR count). The number of aliphatic carboxylic acids is 1. The number of likely N-dealkylation sites (tertiary alicyclic amines) is 1. The Kier molecular flexibility index (Phi) is 4.70. The minimum absolute atomic E-state index is 0.306. The minimum Gasteiger partial charge on any atom is -0.480 e. The summed E-state index contributed by atoms with van der Waals surface area (Å²) in [6.45, 7) is 2.45. The first-order chi connectivity index (χ1) is 9.40. The normalized spacial score (nSPS) is 22.6. The van der Waals surface area contributed by atoms with Crippen LogP contribution in [-0.4, -0.2) is 34.5 Å². The van der Waals surface area contributed by atoms with Crippen LogP contribution in [0.4, 0.5) is 0 Å². The largest absolute Gasteiger partial charge is 0.480 e. The lowest BCUT2D eigenvalue weighted by Crippen LogP contribution is -2.49. The van der Waals surface area contributed by atoms with E-state index in [1.54, 1.807) is 18.2 Å². The second-order valence-corrected chi connectivity index (χ2v) is 6.43. The Morgan fingerprint density at radius 2 is 2.15 bits per heavy atom. The number of hydrogen-bond donors (Lipinski definition) is 1. The van der Waals surface area contributed by atoms with E-state index in [2.05, 4.69) is 15.9 Å². The van der Waals surface area contributed by atoms with E-state index in [-0.39, 0.29) is 5.91 Å². The van der Waals surface area contributed by atoms with Crippen molar-refractivity contribution in [3.8, 4) is 0 Å². The Labute approximate surface area is 130 Å². The zero-order chi connectivity index (χ0) is 14.9. The Hall–Kier alpha value is -1.07.